The summed E-state index contributed by atoms with van der Waals surface area (Å²) in [7, 11) is 0. The molecule has 0 saturated carbocycles. The van der Waals surface area contributed by atoms with Crippen molar-refractivity contribution in [3.05, 3.63) is 62.0 Å². The molecule has 2 rings (SSSR count). The van der Waals surface area contributed by atoms with Crippen LogP contribution in [0.1, 0.15) is 38.3 Å². The van der Waals surface area contributed by atoms with Crippen molar-refractivity contribution in [3.8, 4) is 5.75 Å². The first-order valence-electron chi connectivity index (χ1n) is 10.2. The minimum Gasteiger partial charge on any atom is -0.483 e. The lowest BCUT2D eigenvalue weighted by atomic mass is 10.1. The summed E-state index contributed by atoms with van der Waals surface area (Å²) in [5.74, 6) is 0.0171. The van der Waals surface area contributed by atoms with Gasteiger partial charge in [0.1, 0.15) is 11.8 Å². The Morgan fingerprint density at radius 2 is 1.90 bits per heavy atom. The molecular formula is C23H27BrCl2N2O3. The Hall–Kier alpha value is -1.76. The van der Waals surface area contributed by atoms with Gasteiger partial charge in [-0.3, -0.25) is 9.59 Å². The van der Waals surface area contributed by atoms with Gasteiger partial charge in [0.25, 0.3) is 5.91 Å². The van der Waals surface area contributed by atoms with Crippen LogP contribution in [0, 0.1) is 0 Å². The molecule has 0 radical (unpaired) electrons. The summed E-state index contributed by atoms with van der Waals surface area (Å²) in [6.45, 7) is 6.22. The molecule has 5 nitrogen and oxygen atoms in total. The van der Waals surface area contributed by atoms with Gasteiger partial charge < -0.3 is 15.0 Å². The zero-order chi connectivity index (χ0) is 23.0. The first kappa shape index (κ1) is 25.5. The number of hydrogen-bond acceptors (Lipinski definition) is 3. The van der Waals surface area contributed by atoms with E-state index >= 15 is 0 Å². The van der Waals surface area contributed by atoms with Crippen LogP contribution in [0.2, 0.25) is 10.0 Å². The summed E-state index contributed by atoms with van der Waals surface area (Å²) in [5, 5.41) is 3.78. The highest BCUT2D eigenvalue weighted by atomic mass is 79.9. The van der Waals surface area contributed by atoms with Crippen molar-refractivity contribution in [1.29, 1.82) is 0 Å². The Bertz CT molecular complexity index is 924. The fraction of sp³-hybridized carbons (Fsp3) is 0.391. The number of nitrogens with one attached hydrogen (secondary N) is 1. The minimum atomic E-state index is -0.694. The molecule has 0 spiro atoms. The summed E-state index contributed by atoms with van der Waals surface area (Å²) in [5.41, 5.74) is 1.86. The van der Waals surface area contributed by atoms with Crippen molar-refractivity contribution >= 4 is 50.9 Å². The third-order valence-corrected chi connectivity index (χ3v) is 6.03. The van der Waals surface area contributed by atoms with E-state index in [1.54, 1.807) is 25.1 Å². The molecule has 0 saturated heterocycles. The quantitative estimate of drug-likeness (QED) is 0.433. The van der Waals surface area contributed by atoms with Crippen LogP contribution in [0.5, 0.6) is 5.75 Å². The Morgan fingerprint density at radius 3 is 2.52 bits per heavy atom. The van der Waals surface area contributed by atoms with Crippen LogP contribution < -0.4 is 10.1 Å². The Balaban J connectivity index is 2.19. The Morgan fingerprint density at radius 1 is 1.16 bits per heavy atom. The number of carbonyl (C=O) groups excluding carboxylic acids is 2. The van der Waals surface area contributed by atoms with E-state index in [1.807, 2.05) is 25.1 Å². The van der Waals surface area contributed by atoms with Crippen molar-refractivity contribution in [2.45, 2.75) is 46.2 Å². The number of ether oxygens (including phenoxy) is 1. The zero-order valence-electron chi connectivity index (χ0n) is 17.9. The molecule has 31 heavy (non-hydrogen) atoms. The number of rotatable bonds is 10. The zero-order valence-corrected chi connectivity index (χ0v) is 21.0. The summed E-state index contributed by atoms with van der Waals surface area (Å²) < 4.78 is 6.53. The van der Waals surface area contributed by atoms with E-state index in [0.29, 0.717) is 27.9 Å². The molecule has 0 unspecified atom stereocenters. The highest BCUT2D eigenvalue weighted by Crippen LogP contribution is 2.27. The third kappa shape index (κ3) is 7.41. The van der Waals surface area contributed by atoms with E-state index in [0.717, 1.165) is 22.9 Å². The highest BCUT2D eigenvalue weighted by molar-refractivity contribution is 9.10. The molecule has 0 bridgehead atoms. The molecule has 0 fully saturated rings. The summed E-state index contributed by atoms with van der Waals surface area (Å²) in [4.78, 5) is 27.1. The Kier molecular flexibility index (Phi) is 10.1. The first-order chi connectivity index (χ1) is 14.8. The number of carbonyl (C=O) groups is 2. The monoisotopic (exact) mass is 528 g/mol. The van der Waals surface area contributed by atoms with Crippen molar-refractivity contribution in [3.63, 3.8) is 0 Å². The maximum absolute atomic E-state index is 13.1. The molecule has 2 aromatic rings. The first-order valence-corrected chi connectivity index (χ1v) is 11.7. The smallest absolute Gasteiger partial charge is 0.261 e. The maximum atomic E-state index is 13.1. The standard InChI is InChI=1S/C23H27BrCl2N2O3/c1-4-10-27-23(30)15(3)28(13-17-7-8-18(25)12-20(17)26)22(29)14-31-21-9-6-16(5-2)11-19(21)24/h6-9,11-12,15H,4-5,10,13-14H2,1-3H3,(H,27,30)/t15-/m1/s1. The van der Waals surface area contributed by atoms with Crippen LogP contribution in [0.4, 0.5) is 0 Å². The summed E-state index contributed by atoms with van der Waals surface area (Å²) in [6, 6.07) is 10.1. The average Bonchev–Trinajstić information content (AvgIpc) is 2.75. The minimum absolute atomic E-state index is 0.162. The molecule has 1 atom stereocenters. The molecule has 2 aromatic carbocycles. The van der Waals surface area contributed by atoms with Crippen molar-refractivity contribution < 1.29 is 14.3 Å². The molecule has 0 aromatic heterocycles. The fourth-order valence-electron chi connectivity index (χ4n) is 2.92. The van der Waals surface area contributed by atoms with Gasteiger partial charge in [-0.05, 0) is 71.1 Å². The highest BCUT2D eigenvalue weighted by Gasteiger charge is 2.27. The predicted octanol–water partition coefficient (Wildman–Crippen LogP) is 5.64. The lowest BCUT2D eigenvalue weighted by Gasteiger charge is -2.29. The molecule has 0 aliphatic rings. The van der Waals surface area contributed by atoms with E-state index in [1.165, 1.54) is 4.90 Å². The summed E-state index contributed by atoms with van der Waals surface area (Å²) >= 11 is 15.8. The molecule has 8 heteroatoms. The van der Waals surface area contributed by atoms with Gasteiger partial charge in [0, 0.05) is 23.1 Å². The van der Waals surface area contributed by atoms with E-state index in [-0.39, 0.29) is 25.0 Å². The second-order valence-corrected chi connectivity index (χ2v) is 8.83. The van der Waals surface area contributed by atoms with Crippen LogP contribution >= 0.6 is 39.1 Å². The van der Waals surface area contributed by atoms with Gasteiger partial charge in [-0.25, -0.2) is 0 Å². The van der Waals surface area contributed by atoms with Crippen LogP contribution in [0.25, 0.3) is 0 Å². The SMILES string of the molecule is CCCNC(=O)[C@@H](C)N(Cc1ccc(Cl)cc1Cl)C(=O)COc1ccc(CC)cc1Br. The van der Waals surface area contributed by atoms with Gasteiger partial charge in [0.05, 0.1) is 4.47 Å². The lowest BCUT2D eigenvalue weighted by Crippen LogP contribution is -2.49. The van der Waals surface area contributed by atoms with Crippen LogP contribution in [0.3, 0.4) is 0 Å². The maximum Gasteiger partial charge on any atom is 0.261 e. The Labute approximate surface area is 202 Å². The average molecular weight is 530 g/mol. The van der Waals surface area contributed by atoms with Gasteiger partial charge in [-0.15, -0.1) is 0 Å². The number of benzene rings is 2. The summed E-state index contributed by atoms with van der Waals surface area (Å²) in [6.07, 6.45) is 1.71. The second-order valence-electron chi connectivity index (χ2n) is 7.13. The number of halogens is 3. The van der Waals surface area contributed by atoms with Gasteiger partial charge in [-0.1, -0.05) is 49.2 Å². The van der Waals surface area contributed by atoms with Gasteiger partial charge in [0.15, 0.2) is 6.61 Å². The number of aryl methyl sites for hydroxylation is 1. The normalized spacial score (nSPS) is 11.7. The van der Waals surface area contributed by atoms with Crippen molar-refractivity contribution in [2.24, 2.45) is 0 Å². The van der Waals surface area contributed by atoms with E-state index in [4.69, 9.17) is 27.9 Å². The topological polar surface area (TPSA) is 58.6 Å². The van der Waals surface area contributed by atoms with E-state index in [9.17, 15) is 9.59 Å². The third-order valence-electron chi connectivity index (χ3n) is 4.83. The molecule has 2 amide bonds. The van der Waals surface area contributed by atoms with Crippen molar-refractivity contribution in [1.82, 2.24) is 10.2 Å². The van der Waals surface area contributed by atoms with Crippen LogP contribution in [-0.2, 0) is 22.6 Å². The molecule has 1 N–H and O–H groups in total. The molecule has 0 aliphatic carbocycles. The van der Waals surface area contributed by atoms with E-state index in [2.05, 4.69) is 28.2 Å². The largest absolute Gasteiger partial charge is 0.483 e. The predicted molar refractivity (Wildman–Crippen MR) is 129 cm³/mol. The van der Waals surface area contributed by atoms with Gasteiger partial charge >= 0.3 is 0 Å². The second kappa shape index (κ2) is 12.3. The molecule has 0 aliphatic heterocycles. The van der Waals surface area contributed by atoms with Gasteiger partial charge in [-0.2, -0.15) is 0 Å². The molecular weight excluding hydrogens is 503 g/mol. The molecule has 0 heterocycles. The molecule has 168 valence electrons. The van der Waals surface area contributed by atoms with Crippen molar-refractivity contribution in [2.75, 3.05) is 13.2 Å². The number of hydrogen-bond donors (Lipinski definition) is 1. The lowest BCUT2D eigenvalue weighted by molar-refractivity contribution is -0.142. The fourth-order valence-corrected chi connectivity index (χ4v) is 3.92. The van der Waals surface area contributed by atoms with Crippen LogP contribution in [-0.4, -0.2) is 35.9 Å². The van der Waals surface area contributed by atoms with E-state index < -0.39 is 6.04 Å². The number of amides is 2. The van der Waals surface area contributed by atoms with Gasteiger partial charge in [0.2, 0.25) is 5.91 Å². The van der Waals surface area contributed by atoms with Crippen LogP contribution in [0.15, 0.2) is 40.9 Å². The number of nitrogens with zero attached hydrogens (tertiary/aromatic N) is 1.